The highest BCUT2D eigenvalue weighted by molar-refractivity contribution is 7.89. The van der Waals surface area contributed by atoms with Gasteiger partial charge in [0.05, 0.1) is 0 Å². The molecule has 0 unspecified atom stereocenters. The molecule has 22 heavy (non-hydrogen) atoms. The third-order valence-electron chi connectivity index (χ3n) is 2.61. The Balaban J connectivity index is 0.000000220. The van der Waals surface area contributed by atoms with Crippen molar-refractivity contribution in [3.8, 4) is 0 Å². The molecule has 3 N–H and O–H groups in total. The summed E-state index contributed by atoms with van der Waals surface area (Å²) >= 11 is 0. The number of halogens is 1. The van der Waals surface area contributed by atoms with Crippen LogP contribution in [-0.4, -0.2) is 19.5 Å². The van der Waals surface area contributed by atoms with Crippen LogP contribution in [0.5, 0.6) is 0 Å². The topological polar surface area (TPSA) is 97.5 Å². The van der Waals surface area contributed by atoms with Crippen molar-refractivity contribution in [1.29, 1.82) is 0 Å². The molecular weight excluding hydrogens is 309 g/mol. The molecule has 0 spiro atoms. The van der Waals surface area contributed by atoms with Crippen LogP contribution >= 0.6 is 0 Å². The Labute approximate surface area is 128 Å². The van der Waals surface area contributed by atoms with E-state index in [4.69, 9.17) is 5.11 Å². The van der Waals surface area contributed by atoms with Crippen molar-refractivity contribution >= 4 is 16.0 Å². The summed E-state index contributed by atoms with van der Waals surface area (Å²) in [5.74, 6) is -1.57. The van der Waals surface area contributed by atoms with Gasteiger partial charge in [0.2, 0.25) is 10.0 Å². The van der Waals surface area contributed by atoms with Gasteiger partial charge in [-0.15, -0.1) is 0 Å². The molecule has 0 atom stereocenters. The van der Waals surface area contributed by atoms with Crippen LogP contribution in [0, 0.1) is 5.82 Å². The van der Waals surface area contributed by atoms with Gasteiger partial charge in [0.25, 0.3) is 0 Å². The number of carboxylic acid groups (broad SMARTS) is 1. The second kappa shape index (κ2) is 8.26. The van der Waals surface area contributed by atoms with Gasteiger partial charge in [-0.1, -0.05) is 42.5 Å². The molecule has 0 saturated carbocycles. The Morgan fingerprint density at radius 1 is 1.05 bits per heavy atom. The summed E-state index contributed by atoms with van der Waals surface area (Å²) in [6.07, 6.45) is 0.834. The fourth-order valence-electron chi connectivity index (χ4n) is 1.57. The molecule has 0 aliphatic rings. The summed E-state index contributed by atoms with van der Waals surface area (Å²) in [6, 6.07) is 14.6. The summed E-state index contributed by atoms with van der Waals surface area (Å²) in [6.45, 7) is 0. The van der Waals surface area contributed by atoms with Gasteiger partial charge < -0.3 is 5.11 Å². The van der Waals surface area contributed by atoms with E-state index in [9.17, 15) is 17.6 Å². The minimum Gasteiger partial charge on any atom is -0.481 e. The van der Waals surface area contributed by atoms with Gasteiger partial charge in [-0.3, -0.25) is 4.79 Å². The second-order valence-electron chi connectivity index (χ2n) is 4.35. The maximum atomic E-state index is 12.6. The van der Waals surface area contributed by atoms with Gasteiger partial charge in [-0.2, -0.15) is 0 Å². The Hall–Kier alpha value is -2.25. The molecular formula is C15H16FNO4S. The maximum Gasteiger partial charge on any atom is 0.303 e. The first-order valence-corrected chi connectivity index (χ1v) is 7.88. The molecule has 0 heterocycles. The quantitative estimate of drug-likeness (QED) is 0.900. The summed E-state index contributed by atoms with van der Waals surface area (Å²) in [5, 5.41) is 13.1. The number of aliphatic carboxylic acids is 1. The molecule has 7 heteroatoms. The summed E-state index contributed by atoms with van der Waals surface area (Å²) in [7, 11) is -3.91. The van der Waals surface area contributed by atoms with Gasteiger partial charge in [0, 0.05) is 6.42 Å². The highest BCUT2D eigenvalue weighted by Crippen LogP contribution is 2.10. The molecule has 0 radical (unpaired) electrons. The first kappa shape index (κ1) is 17.8. The van der Waals surface area contributed by atoms with Gasteiger partial charge >= 0.3 is 5.97 Å². The molecule has 0 saturated heterocycles. The molecule has 0 fully saturated rings. The zero-order chi connectivity index (χ0) is 16.6. The molecule has 0 aliphatic carbocycles. The van der Waals surface area contributed by atoms with Crippen LogP contribution in [0.3, 0.4) is 0 Å². The Morgan fingerprint density at radius 3 is 2.05 bits per heavy atom. The van der Waals surface area contributed by atoms with E-state index >= 15 is 0 Å². The maximum absolute atomic E-state index is 12.6. The number of primary sulfonamides is 1. The average molecular weight is 325 g/mol. The monoisotopic (exact) mass is 325 g/mol. The van der Waals surface area contributed by atoms with Crippen LogP contribution in [0.15, 0.2) is 59.5 Å². The lowest BCUT2D eigenvalue weighted by Crippen LogP contribution is -2.13. The van der Waals surface area contributed by atoms with E-state index in [1.54, 1.807) is 0 Å². The van der Waals surface area contributed by atoms with Crippen LogP contribution in [0.4, 0.5) is 4.39 Å². The first-order chi connectivity index (χ1) is 10.3. The van der Waals surface area contributed by atoms with Gasteiger partial charge in [-0.05, 0) is 24.1 Å². The van der Waals surface area contributed by atoms with Crippen molar-refractivity contribution in [3.63, 3.8) is 0 Å². The van der Waals surface area contributed by atoms with Gasteiger partial charge in [0.15, 0.2) is 0 Å². The molecule has 118 valence electrons. The normalized spacial score (nSPS) is 10.5. The van der Waals surface area contributed by atoms with Crippen molar-refractivity contribution in [3.05, 3.63) is 66.0 Å². The fraction of sp³-hybridized carbons (Fsp3) is 0.133. The zero-order valence-electron chi connectivity index (χ0n) is 11.6. The highest BCUT2D eigenvalue weighted by Gasteiger charge is 2.11. The number of hydrogen-bond acceptors (Lipinski definition) is 3. The van der Waals surface area contributed by atoms with Crippen molar-refractivity contribution < 1.29 is 22.7 Å². The molecule has 5 nitrogen and oxygen atoms in total. The van der Waals surface area contributed by atoms with Crippen LogP contribution in [-0.2, 0) is 21.2 Å². The Bertz CT molecular complexity index is 717. The smallest absolute Gasteiger partial charge is 0.303 e. The van der Waals surface area contributed by atoms with Crippen LogP contribution in [0.1, 0.15) is 12.0 Å². The van der Waals surface area contributed by atoms with Crippen molar-refractivity contribution in [2.45, 2.75) is 17.7 Å². The van der Waals surface area contributed by atoms with Crippen LogP contribution in [0.2, 0.25) is 0 Å². The predicted octanol–water partition coefficient (Wildman–Crippen LogP) is 2.18. The summed E-state index contributed by atoms with van der Waals surface area (Å²) < 4.78 is 33.8. The molecule has 2 aromatic carbocycles. The Morgan fingerprint density at radius 2 is 1.59 bits per heavy atom. The second-order valence-corrected chi connectivity index (χ2v) is 5.88. The minimum absolute atomic E-state index is 0.212. The number of aryl methyl sites for hydroxylation is 1. The van der Waals surface area contributed by atoms with E-state index in [1.165, 1.54) is 12.1 Å². The first-order valence-electron chi connectivity index (χ1n) is 6.34. The summed E-state index contributed by atoms with van der Waals surface area (Å²) in [4.78, 5) is 9.70. The number of carbonyl (C=O) groups is 1. The van der Waals surface area contributed by atoms with E-state index in [0.717, 1.165) is 17.7 Å². The number of nitrogens with two attached hydrogens (primary N) is 1. The molecule has 0 bridgehead atoms. The van der Waals surface area contributed by atoms with Crippen LogP contribution < -0.4 is 5.14 Å². The largest absolute Gasteiger partial charge is 0.481 e. The van der Waals surface area contributed by atoms with E-state index in [0.29, 0.717) is 6.42 Å². The lowest BCUT2D eigenvalue weighted by Gasteiger charge is -1.97. The van der Waals surface area contributed by atoms with Gasteiger partial charge in [0.1, 0.15) is 10.7 Å². The predicted molar refractivity (Wildman–Crippen MR) is 80.2 cm³/mol. The van der Waals surface area contributed by atoms with Crippen molar-refractivity contribution in [2.24, 2.45) is 5.14 Å². The number of sulfonamides is 1. The van der Waals surface area contributed by atoms with E-state index in [-0.39, 0.29) is 6.42 Å². The lowest BCUT2D eigenvalue weighted by atomic mass is 10.1. The van der Waals surface area contributed by atoms with Crippen molar-refractivity contribution in [1.82, 2.24) is 0 Å². The van der Waals surface area contributed by atoms with E-state index in [2.05, 4.69) is 5.14 Å². The Kier molecular flexibility index (Phi) is 6.68. The third kappa shape index (κ3) is 6.47. The number of rotatable bonds is 4. The zero-order valence-corrected chi connectivity index (χ0v) is 12.5. The van der Waals surface area contributed by atoms with Crippen LogP contribution in [0.25, 0.3) is 0 Å². The summed E-state index contributed by atoms with van der Waals surface area (Å²) in [5.41, 5.74) is 1.08. The average Bonchev–Trinajstić information content (AvgIpc) is 2.46. The van der Waals surface area contributed by atoms with E-state index < -0.39 is 26.7 Å². The highest BCUT2D eigenvalue weighted by atomic mass is 32.2. The fourth-order valence-corrected chi connectivity index (χ4v) is 2.18. The molecule has 0 aliphatic heterocycles. The molecule has 0 amide bonds. The lowest BCUT2D eigenvalue weighted by molar-refractivity contribution is -0.136. The molecule has 0 aromatic heterocycles. The molecule has 2 aromatic rings. The number of hydrogen-bond donors (Lipinski definition) is 2. The third-order valence-corrected chi connectivity index (χ3v) is 3.56. The standard InChI is InChI=1S/C9H10O2.C6H6FNO2S/c10-9(11)7-6-8-4-2-1-3-5-8;7-5-3-1-2-4-6(5)11(8,9)10/h1-5H,6-7H2,(H,10,11);1-4H,(H2,8,9,10). The van der Waals surface area contributed by atoms with Gasteiger partial charge in [-0.25, -0.2) is 17.9 Å². The van der Waals surface area contributed by atoms with Crippen molar-refractivity contribution in [2.75, 3.05) is 0 Å². The number of carboxylic acids is 1. The van der Waals surface area contributed by atoms with E-state index in [1.807, 2.05) is 30.3 Å². The number of benzene rings is 2. The minimum atomic E-state index is -3.91. The molecule has 2 rings (SSSR count). The SMILES string of the molecule is NS(=O)(=O)c1ccccc1F.O=C(O)CCc1ccccc1.